The first-order chi connectivity index (χ1) is 8.93. The van der Waals surface area contributed by atoms with Crippen molar-refractivity contribution in [2.75, 3.05) is 26.3 Å². The third-order valence-corrected chi connectivity index (χ3v) is 4.02. The molecular formula is C15H22FNO2. The molecule has 1 fully saturated rings. The number of aliphatic hydroxyl groups is 1. The summed E-state index contributed by atoms with van der Waals surface area (Å²) in [7, 11) is 0. The second kappa shape index (κ2) is 5.57. The van der Waals surface area contributed by atoms with Gasteiger partial charge >= 0.3 is 0 Å². The van der Waals surface area contributed by atoms with Gasteiger partial charge in [-0.3, -0.25) is 4.90 Å². The fraction of sp³-hybridized carbons (Fsp3) is 0.600. The van der Waals surface area contributed by atoms with Crippen molar-refractivity contribution in [3.05, 3.63) is 35.1 Å². The van der Waals surface area contributed by atoms with E-state index >= 15 is 0 Å². The number of aryl methyl sites for hydroxylation is 1. The smallest absolute Gasteiger partial charge is 0.123 e. The molecule has 0 bridgehead atoms. The Balaban J connectivity index is 2.23. The van der Waals surface area contributed by atoms with E-state index < -0.39 is 11.6 Å². The Morgan fingerprint density at radius 3 is 2.53 bits per heavy atom. The Morgan fingerprint density at radius 1 is 1.32 bits per heavy atom. The number of morpholine rings is 1. The van der Waals surface area contributed by atoms with Gasteiger partial charge in [-0.25, -0.2) is 4.39 Å². The zero-order valence-electron chi connectivity index (χ0n) is 11.8. The molecule has 4 heteroatoms. The van der Waals surface area contributed by atoms with E-state index in [2.05, 4.69) is 4.90 Å². The van der Waals surface area contributed by atoms with E-state index in [1.165, 1.54) is 12.1 Å². The van der Waals surface area contributed by atoms with Gasteiger partial charge in [-0.15, -0.1) is 0 Å². The second-order valence-electron chi connectivity index (χ2n) is 5.66. The molecule has 0 spiro atoms. The monoisotopic (exact) mass is 267 g/mol. The SMILES string of the molecule is Cc1cc(F)ccc1C(O)C(C)(C)N1CCOCC1. The maximum atomic E-state index is 13.2. The Hall–Kier alpha value is -0.970. The molecule has 1 aromatic rings. The van der Waals surface area contributed by atoms with E-state index in [0.717, 1.165) is 24.2 Å². The highest BCUT2D eigenvalue weighted by Gasteiger charge is 2.36. The van der Waals surface area contributed by atoms with Crippen LogP contribution < -0.4 is 0 Å². The van der Waals surface area contributed by atoms with Gasteiger partial charge in [-0.05, 0) is 44.0 Å². The number of nitrogens with zero attached hydrogens (tertiary/aromatic N) is 1. The average Bonchev–Trinajstić information content (AvgIpc) is 2.39. The molecule has 1 N–H and O–H groups in total. The van der Waals surface area contributed by atoms with Crippen molar-refractivity contribution in [1.82, 2.24) is 4.90 Å². The van der Waals surface area contributed by atoms with Gasteiger partial charge in [0, 0.05) is 18.6 Å². The molecule has 1 heterocycles. The normalized spacial score (nSPS) is 19.4. The van der Waals surface area contributed by atoms with Gasteiger partial charge in [0.25, 0.3) is 0 Å². The number of ether oxygens (including phenoxy) is 1. The summed E-state index contributed by atoms with van der Waals surface area (Å²) < 4.78 is 18.5. The highest BCUT2D eigenvalue weighted by Crippen LogP contribution is 2.33. The summed E-state index contributed by atoms with van der Waals surface area (Å²) in [4.78, 5) is 2.23. The lowest BCUT2D eigenvalue weighted by molar-refractivity contribution is -0.0632. The molecule has 1 saturated heterocycles. The van der Waals surface area contributed by atoms with Crippen molar-refractivity contribution in [3.63, 3.8) is 0 Å². The standard InChI is InChI=1S/C15H22FNO2/c1-11-10-12(16)4-5-13(11)14(18)15(2,3)17-6-8-19-9-7-17/h4-5,10,14,18H,6-9H2,1-3H3. The van der Waals surface area contributed by atoms with Crippen molar-refractivity contribution in [2.24, 2.45) is 0 Å². The van der Waals surface area contributed by atoms with Crippen LogP contribution >= 0.6 is 0 Å². The van der Waals surface area contributed by atoms with E-state index in [9.17, 15) is 9.50 Å². The molecule has 0 radical (unpaired) electrons. The predicted molar refractivity (Wildman–Crippen MR) is 72.6 cm³/mol. The van der Waals surface area contributed by atoms with E-state index in [-0.39, 0.29) is 5.82 Å². The zero-order chi connectivity index (χ0) is 14.0. The minimum absolute atomic E-state index is 0.266. The molecule has 0 amide bonds. The van der Waals surface area contributed by atoms with Crippen molar-refractivity contribution in [2.45, 2.75) is 32.4 Å². The van der Waals surface area contributed by atoms with Crippen LogP contribution in [-0.2, 0) is 4.74 Å². The number of rotatable bonds is 3. The maximum Gasteiger partial charge on any atom is 0.123 e. The zero-order valence-corrected chi connectivity index (χ0v) is 11.8. The van der Waals surface area contributed by atoms with Crippen LogP contribution in [0.4, 0.5) is 4.39 Å². The van der Waals surface area contributed by atoms with Crippen molar-refractivity contribution in [1.29, 1.82) is 0 Å². The summed E-state index contributed by atoms with van der Waals surface area (Å²) in [5.41, 5.74) is 1.18. The molecule has 3 nitrogen and oxygen atoms in total. The summed E-state index contributed by atoms with van der Waals surface area (Å²) in [6.07, 6.45) is -0.647. The number of benzene rings is 1. The minimum atomic E-state index is -0.647. The molecule has 0 saturated carbocycles. The first-order valence-corrected chi connectivity index (χ1v) is 6.70. The Kier molecular flexibility index (Phi) is 4.23. The lowest BCUT2D eigenvalue weighted by Crippen LogP contribution is -2.53. The molecule has 2 rings (SSSR count). The third kappa shape index (κ3) is 2.96. The van der Waals surface area contributed by atoms with Crippen LogP contribution in [0.15, 0.2) is 18.2 Å². The average molecular weight is 267 g/mol. The lowest BCUT2D eigenvalue weighted by atomic mass is 9.87. The molecule has 106 valence electrons. The Morgan fingerprint density at radius 2 is 1.95 bits per heavy atom. The van der Waals surface area contributed by atoms with Crippen molar-refractivity contribution < 1.29 is 14.2 Å². The minimum Gasteiger partial charge on any atom is -0.386 e. The predicted octanol–water partition coefficient (Wildman–Crippen LogP) is 2.28. The van der Waals surface area contributed by atoms with Crippen LogP contribution in [0.1, 0.15) is 31.1 Å². The summed E-state index contributed by atoms with van der Waals surface area (Å²) in [6, 6.07) is 4.55. The second-order valence-corrected chi connectivity index (χ2v) is 5.66. The fourth-order valence-corrected chi connectivity index (χ4v) is 2.64. The molecule has 0 aliphatic carbocycles. The van der Waals surface area contributed by atoms with E-state index in [4.69, 9.17) is 4.74 Å². The molecule has 1 unspecified atom stereocenters. The van der Waals surface area contributed by atoms with Gasteiger partial charge < -0.3 is 9.84 Å². The summed E-state index contributed by atoms with van der Waals surface area (Å²) in [6.45, 7) is 8.88. The van der Waals surface area contributed by atoms with Gasteiger partial charge in [-0.2, -0.15) is 0 Å². The molecule has 0 aromatic heterocycles. The third-order valence-electron chi connectivity index (χ3n) is 4.02. The van der Waals surface area contributed by atoms with E-state index in [0.29, 0.717) is 13.2 Å². The van der Waals surface area contributed by atoms with Crippen LogP contribution in [0.5, 0.6) is 0 Å². The Bertz CT molecular complexity index is 442. The van der Waals surface area contributed by atoms with E-state index in [1.54, 1.807) is 6.07 Å². The fourth-order valence-electron chi connectivity index (χ4n) is 2.64. The van der Waals surface area contributed by atoms with Crippen LogP contribution in [-0.4, -0.2) is 41.8 Å². The lowest BCUT2D eigenvalue weighted by Gasteiger charge is -2.44. The quantitative estimate of drug-likeness (QED) is 0.912. The van der Waals surface area contributed by atoms with Crippen LogP contribution in [0.3, 0.4) is 0 Å². The topological polar surface area (TPSA) is 32.7 Å². The van der Waals surface area contributed by atoms with Crippen LogP contribution in [0.2, 0.25) is 0 Å². The Labute approximate surface area is 114 Å². The van der Waals surface area contributed by atoms with Gasteiger partial charge in [0.05, 0.1) is 19.3 Å². The van der Waals surface area contributed by atoms with Crippen LogP contribution in [0.25, 0.3) is 0 Å². The maximum absolute atomic E-state index is 13.2. The summed E-state index contributed by atoms with van der Waals surface area (Å²) in [5.74, 6) is -0.266. The number of halogens is 1. The highest BCUT2D eigenvalue weighted by atomic mass is 19.1. The first-order valence-electron chi connectivity index (χ1n) is 6.70. The largest absolute Gasteiger partial charge is 0.386 e. The molecular weight excluding hydrogens is 245 g/mol. The van der Waals surface area contributed by atoms with Crippen molar-refractivity contribution in [3.8, 4) is 0 Å². The van der Waals surface area contributed by atoms with Gasteiger partial charge in [0.15, 0.2) is 0 Å². The van der Waals surface area contributed by atoms with Gasteiger partial charge in [0.1, 0.15) is 5.82 Å². The number of hydrogen-bond donors (Lipinski definition) is 1. The number of hydrogen-bond acceptors (Lipinski definition) is 3. The highest BCUT2D eigenvalue weighted by molar-refractivity contribution is 5.30. The molecule has 1 aliphatic heterocycles. The summed E-state index contributed by atoms with van der Waals surface area (Å²) in [5, 5.41) is 10.7. The molecule has 1 aliphatic rings. The first kappa shape index (κ1) is 14.4. The van der Waals surface area contributed by atoms with Crippen molar-refractivity contribution >= 4 is 0 Å². The molecule has 1 aromatic carbocycles. The van der Waals surface area contributed by atoms with E-state index in [1.807, 2.05) is 20.8 Å². The van der Waals surface area contributed by atoms with Gasteiger partial charge in [-0.1, -0.05) is 6.07 Å². The molecule has 1 atom stereocenters. The molecule has 19 heavy (non-hydrogen) atoms. The van der Waals surface area contributed by atoms with Gasteiger partial charge in [0.2, 0.25) is 0 Å². The summed E-state index contributed by atoms with van der Waals surface area (Å²) >= 11 is 0. The number of aliphatic hydroxyl groups excluding tert-OH is 1. The van der Waals surface area contributed by atoms with Crippen LogP contribution in [0, 0.1) is 12.7 Å².